The van der Waals surface area contributed by atoms with Crippen LogP contribution in [-0.2, 0) is 0 Å². The normalized spacial score (nSPS) is 15.0. The summed E-state index contributed by atoms with van der Waals surface area (Å²) in [6, 6.07) is 6.66. The van der Waals surface area contributed by atoms with Gasteiger partial charge in [0.25, 0.3) is 5.91 Å². The van der Waals surface area contributed by atoms with Crippen molar-refractivity contribution in [2.45, 2.75) is 25.8 Å². The van der Waals surface area contributed by atoms with Crippen LogP contribution in [0.5, 0.6) is 0 Å². The average molecular weight is 353 g/mol. The fraction of sp³-hybridized carbons (Fsp3) is 0.412. The number of nitrogens with zero attached hydrogens (tertiary/aromatic N) is 3. The zero-order chi connectivity index (χ0) is 16.4. The quantitative estimate of drug-likeness (QED) is 0.923. The van der Waals surface area contributed by atoms with Gasteiger partial charge >= 0.3 is 0 Å². The highest BCUT2D eigenvalue weighted by Gasteiger charge is 2.25. The molecule has 0 saturated carbocycles. The summed E-state index contributed by atoms with van der Waals surface area (Å²) in [5, 5.41) is 7.51. The lowest BCUT2D eigenvalue weighted by Crippen LogP contribution is -2.44. The minimum absolute atomic E-state index is 0. The fourth-order valence-corrected chi connectivity index (χ4v) is 3.04. The van der Waals surface area contributed by atoms with Crippen molar-refractivity contribution in [2.75, 3.05) is 20.1 Å². The third-order valence-corrected chi connectivity index (χ3v) is 4.50. The van der Waals surface area contributed by atoms with E-state index >= 15 is 0 Å². The standard InChI is InChI=1S/C17H21FN4O.ClH/c1-12-14(17(23)21(2)13-7-9-19-10-8-13)11-20-22(12)16-6-4-3-5-15(16)18;/h3-6,11,13,19H,7-10H2,1-2H3;1H. The van der Waals surface area contributed by atoms with Gasteiger partial charge in [0, 0.05) is 13.1 Å². The average Bonchev–Trinajstić information content (AvgIpc) is 2.96. The maximum atomic E-state index is 14.0. The van der Waals surface area contributed by atoms with Gasteiger partial charge in [-0.3, -0.25) is 4.79 Å². The molecule has 0 atom stereocenters. The molecule has 0 spiro atoms. The molecule has 130 valence electrons. The SMILES string of the molecule is Cc1c(C(=O)N(C)C2CCNCC2)cnn1-c1ccccc1F.Cl. The summed E-state index contributed by atoms with van der Waals surface area (Å²) < 4.78 is 15.4. The molecule has 0 radical (unpaired) electrons. The number of aromatic nitrogens is 2. The van der Waals surface area contributed by atoms with E-state index in [0.717, 1.165) is 25.9 Å². The van der Waals surface area contributed by atoms with Crippen LogP contribution < -0.4 is 5.32 Å². The second kappa shape index (κ2) is 7.77. The molecule has 0 unspecified atom stereocenters. The van der Waals surface area contributed by atoms with Crippen molar-refractivity contribution >= 4 is 18.3 Å². The molecule has 1 aromatic carbocycles. The Morgan fingerprint density at radius 1 is 1.33 bits per heavy atom. The van der Waals surface area contributed by atoms with Crippen molar-refractivity contribution < 1.29 is 9.18 Å². The van der Waals surface area contributed by atoms with Crippen molar-refractivity contribution in [1.82, 2.24) is 20.0 Å². The molecule has 1 aliphatic heterocycles. The van der Waals surface area contributed by atoms with Crippen LogP contribution in [0.4, 0.5) is 4.39 Å². The van der Waals surface area contributed by atoms with E-state index in [1.165, 1.54) is 16.9 Å². The molecule has 0 aliphatic carbocycles. The summed E-state index contributed by atoms with van der Waals surface area (Å²) in [4.78, 5) is 14.5. The van der Waals surface area contributed by atoms with Gasteiger partial charge in [-0.05, 0) is 45.0 Å². The molecule has 1 fully saturated rings. The van der Waals surface area contributed by atoms with Crippen LogP contribution in [0.25, 0.3) is 5.69 Å². The molecule has 1 N–H and O–H groups in total. The van der Waals surface area contributed by atoms with Crippen molar-refractivity contribution in [3.05, 3.63) is 47.5 Å². The van der Waals surface area contributed by atoms with Crippen LogP contribution in [0, 0.1) is 12.7 Å². The number of hydrogen-bond donors (Lipinski definition) is 1. The molecule has 0 bridgehead atoms. The summed E-state index contributed by atoms with van der Waals surface area (Å²) in [6.45, 7) is 3.65. The first-order chi connectivity index (χ1) is 11.1. The Morgan fingerprint density at radius 3 is 2.67 bits per heavy atom. The van der Waals surface area contributed by atoms with Gasteiger partial charge in [0.2, 0.25) is 0 Å². The summed E-state index contributed by atoms with van der Waals surface area (Å²) in [6.07, 6.45) is 3.42. The first-order valence-electron chi connectivity index (χ1n) is 7.87. The summed E-state index contributed by atoms with van der Waals surface area (Å²) in [7, 11) is 1.83. The lowest BCUT2D eigenvalue weighted by molar-refractivity contribution is 0.0702. The van der Waals surface area contributed by atoms with E-state index in [1.807, 2.05) is 7.05 Å². The van der Waals surface area contributed by atoms with E-state index in [9.17, 15) is 9.18 Å². The summed E-state index contributed by atoms with van der Waals surface area (Å²) >= 11 is 0. The minimum Gasteiger partial charge on any atom is -0.339 e. The molecule has 1 amide bonds. The second-order valence-electron chi connectivity index (χ2n) is 5.90. The zero-order valence-electron chi connectivity index (χ0n) is 13.8. The molecule has 1 saturated heterocycles. The molecule has 2 aromatic rings. The van der Waals surface area contributed by atoms with E-state index in [2.05, 4.69) is 10.4 Å². The summed E-state index contributed by atoms with van der Waals surface area (Å²) in [5.74, 6) is -0.415. The van der Waals surface area contributed by atoms with Crippen LogP contribution in [0.3, 0.4) is 0 Å². The lowest BCUT2D eigenvalue weighted by atomic mass is 10.0. The number of benzene rings is 1. The number of rotatable bonds is 3. The third-order valence-electron chi connectivity index (χ3n) is 4.50. The lowest BCUT2D eigenvalue weighted by Gasteiger charge is -2.31. The highest BCUT2D eigenvalue weighted by atomic mass is 35.5. The summed E-state index contributed by atoms with van der Waals surface area (Å²) in [5.41, 5.74) is 1.53. The number of para-hydroxylation sites is 1. The molecule has 5 nitrogen and oxygen atoms in total. The Morgan fingerprint density at radius 2 is 2.00 bits per heavy atom. The highest BCUT2D eigenvalue weighted by Crippen LogP contribution is 2.20. The van der Waals surface area contributed by atoms with E-state index in [4.69, 9.17) is 0 Å². The van der Waals surface area contributed by atoms with Gasteiger partial charge in [0.15, 0.2) is 0 Å². The van der Waals surface area contributed by atoms with Gasteiger partial charge in [0.05, 0.1) is 17.5 Å². The first kappa shape index (κ1) is 18.4. The van der Waals surface area contributed by atoms with Gasteiger partial charge in [-0.1, -0.05) is 12.1 Å². The van der Waals surface area contributed by atoms with Crippen molar-refractivity contribution in [1.29, 1.82) is 0 Å². The number of hydrogen-bond acceptors (Lipinski definition) is 3. The van der Waals surface area contributed by atoms with Crippen molar-refractivity contribution in [3.63, 3.8) is 0 Å². The Hall–Kier alpha value is -1.92. The zero-order valence-corrected chi connectivity index (χ0v) is 14.6. The Kier molecular flexibility index (Phi) is 5.96. The largest absolute Gasteiger partial charge is 0.339 e. The van der Waals surface area contributed by atoms with Gasteiger partial charge in [-0.25, -0.2) is 9.07 Å². The molecular weight excluding hydrogens is 331 g/mol. The smallest absolute Gasteiger partial charge is 0.257 e. The van der Waals surface area contributed by atoms with Crippen LogP contribution in [0.2, 0.25) is 0 Å². The second-order valence-corrected chi connectivity index (χ2v) is 5.90. The number of halogens is 2. The van der Waals surface area contributed by atoms with Crippen molar-refractivity contribution in [2.24, 2.45) is 0 Å². The fourth-order valence-electron chi connectivity index (χ4n) is 3.04. The minimum atomic E-state index is -0.357. The molecule has 24 heavy (non-hydrogen) atoms. The molecular formula is C17H22ClFN4O. The van der Waals surface area contributed by atoms with Crippen LogP contribution >= 0.6 is 12.4 Å². The predicted molar refractivity (Wildman–Crippen MR) is 93.5 cm³/mol. The van der Waals surface area contributed by atoms with E-state index < -0.39 is 0 Å². The van der Waals surface area contributed by atoms with Crippen LogP contribution in [0.15, 0.2) is 30.5 Å². The van der Waals surface area contributed by atoms with Crippen LogP contribution in [-0.4, -0.2) is 46.8 Å². The topological polar surface area (TPSA) is 50.2 Å². The predicted octanol–water partition coefficient (Wildman–Crippen LogP) is 2.57. The monoisotopic (exact) mass is 352 g/mol. The van der Waals surface area contributed by atoms with E-state index in [1.54, 1.807) is 30.0 Å². The number of nitrogens with one attached hydrogen (secondary N) is 1. The van der Waals surface area contributed by atoms with Gasteiger partial charge in [0.1, 0.15) is 11.5 Å². The van der Waals surface area contributed by atoms with Crippen molar-refractivity contribution in [3.8, 4) is 5.69 Å². The first-order valence-corrected chi connectivity index (χ1v) is 7.87. The van der Waals surface area contributed by atoms with E-state index in [-0.39, 0.29) is 30.2 Å². The number of carbonyl (C=O) groups excluding carboxylic acids is 1. The number of amides is 1. The Balaban J connectivity index is 0.00000208. The molecule has 2 heterocycles. The van der Waals surface area contributed by atoms with Gasteiger partial charge < -0.3 is 10.2 Å². The highest BCUT2D eigenvalue weighted by molar-refractivity contribution is 5.95. The molecule has 7 heteroatoms. The molecule has 1 aromatic heterocycles. The Labute approximate surface area is 147 Å². The molecule has 3 rings (SSSR count). The number of carbonyl (C=O) groups is 1. The van der Waals surface area contributed by atoms with Gasteiger partial charge in [-0.15, -0.1) is 12.4 Å². The molecule has 1 aliphatic rings. The maximum absolute atomic E-state index is 14.0. The number of piperidine rings is 1. The third kappa shape index (κ3) is 3.44. The van der Waals surface area contributed by atoms with E-state index in [0.29, 0.717) is 16.9 Å². The Bertz CT molecular complexity index is 712. The van der Waals surface area contributed by atoms with Gasteiger partial charge in [-0.2, -0.15) is 5.10 Å². The maximum Gasteiger partial charge on any atom is 0.257 e. The van der Waals surface area contributed by atoms with Crippen LogP contribution in [0.1, 0.15) is 28.9 Å².